The molecular formula is C27H18Cl2N2O7. The number of non-ortho nitro benzene ring substituents is 2. The van der Waals surface area contributed by atoms with E-state index >= 15 is 0 Å². The smallest absolute Gasteiger partial charge is 0.394 e. The molecule has 0 aromatic heterocycles. The van der Waals surface area contributed by atoms with Gasteiger partial charge in [-0.15, -0.1) is 0 Å². The van der Waals surface area contributed by atoms with Crippen LogP contribution in [0.2, 0.25) is 10.0 Å². The number of nitro benzene ring substituents is 2. The summed E-state index contributed by atoms with van der Waals surface area (Å²) in [5.74, 6) is 0.109. The van der Waals surface area contributed by atoms with Crippen molar-refractivity contribution in [1.82, 2.24) is 0 Å². The number of hydrogen-bond acceptors (Lipinski definition) is 7. The summed E-state index contributed by atoms with van der Waals surface area (Å²) < 4.78 is 10.8. The minimum atomic E-state index is -1.12. The fraction of sp³-hybridized carbons (Fsp3) is 0.0741. The van der Waals surface area contributed by atoms with Crippen LogP contribution in [0.3, 0.4) is 0 Å². The molecule has 0 heterocycles. The number of nitrogens with zero attached hydrogens (tertiary/aromatic N) is 2. The summed E-state index contributed by atoms with van der Waals surface area (Å²) in [5.41, 5.74) is 1.86. The van der Waals surface area contributed by atoms with Crippen molar-refractivity contribution in [2.24, 2.45) is 0 Å². The number of benzene rings is 4. The molecule has 38 heavy (non-hydrogen) atoms. The molecule has 0 fully saturated rings. The summed E-state index contributed by atoms with van der Waals surface area (Å²) in [6.45, 7) is 0. The maximum Gasteiger partial charge on any atom is 0.519 e. The van der Waals surface area contributed by atoms with E-state index in [0.29, 0.717) is 21.2 Å². The van der Waals surface area contributed by atoms with Gasteiger partial charge in [0, 0.05) is 58.3 Å². The van der Waals surface area contributed by atoms with E-state index in [9.17, 15) is 25.0 Å². The molecule has 11 heteroatoms. The molecule has 0 aliphatic heterocycles. The van der Waals surface area contributed by atoms with Gasteiger partial charge in [-0.25, -0.2) is 4.79 Å². The van der Waals surface area contributed by atoms with Crippen molar-refractivity contribution in [2.45, 2.75) is 12.8 Å². The van der Waals surface area contributed by atoms with Gasteiger partial charge in [-0.05, 0) is 47.5 Å². The average Bonchev–Trinajstić information content (AvgIpc) is 2.86. The zero-order chi connectivity index (χ0) is 27.2. The molecule has 0 aliphatic rings. The molecule has 192 valence electrons. The molecular weight excluding hydrogens is 535 g/mol. The fourth-order valence-electron chi connectivity index (χ4n) is 3.77. The molecule has 4 rings (SSSR count). The molecule has 0 amide bonds. The van der Waals surface area contributed by atoms with Crippen molar-refractivity contribution in [2.75, 3.05) is 0 Å². The molecule has 9 nitrogen and oxygen atoms in total. The Morgan fingerprint density at radius 1 is 0.658 bits per heavy atom. The van der Waals surface area contributed by atoms with Gasteiger partial charge in [-0.1, -0.05) is 47.5 Å². The largest absolute Gasteiger partial charge is 0.519 e. The van der Waals surface area contributed by atoms with Gasteiger partial charge in [0.25, 0.3) is 11.4 Å². The highest BCUT2D eigenvalue weighted by molar-refractivity contribution is 6.30. The molecule has 0 atom stereocenters. The quantitative estimate of drug-likeness (QED) is 0.0955. The van der Waals surface area contributed by atoms with Crippen LogP contribution in [0.1, 0.15) is 22.3 Å². The summed E-state index contributed by atoms with van der Waals surface area (Å²) >= 11 is 12.1. The lowest BCUT2D eigenvalue weighted by Gasteiger charge is -2.13. The number of rotatable bonds is 8. The number of halogens is 2. The molecule has 4 aromatic carbocycles. The van der Waals surface area contributed by atoms with Crippen molar-refractivity contribution < 1.29 is 24.1 Å². The van der Waals surface area contributed by atoms with Gasteiger partial charge in [0.05, 0.1) is 9.85 Å². The van der Waals surface area contributed by atoms with Crippen LogP contribution in [0.25, 0.3) is 0 Å². The Bertz CT molecular complexity index is 1430. The SMILES string of the molecule is O=C(Oc1ccc([N+](=O)[O-])cc1Cc1cccc(Cl)c1)Oc1ccc([N+](=O)[O-])cc1Cc1cccc(Cl)c1. The van der Waals surface area contributed by atoms with Gasteiger partial charge in [0.15, 0.2) is 0 Å². The van der Waals surface area contributed by atoms with Crippen LogP contribution in [0.5, 0.6) is 11.5 Å². The highest BCUT2D eigenvalue weighted by atomic mass is 35.5. The van der Waals surface area contributed by atoms with Crippen molar-refractivity contribution >= 4 is 40.7 Å². The van der Waals surface area contributed by atoms with Crippen LogP contribution >= 0.6 is 23.2 Å². The first-order valence-corrected chi connectivity index (χ1v) is 11.9. The van der Waals surface area contributed by atoms with Crippen molar-refractivity contribution in [3.05, 3.63) is 137 Å². The maximum atomic E-state index is 12.8. The summed E-state index contributed by atoms with van der Waals surface area (Å²) in [7, 11) is 0. The molecule has 0 bridgehead atoms. The highest BCUT2D eigenvalue weighted by Gasteiger charge is 2.19. The second-order valence-electron chi connectivity index (χ2n) is 8.17. The minimum Gasteiger partial charge on any atom is -0.394 e. The number of carbonyl (C=O) groups excluding carboxylic acids is 1. The van der Waals surface area contributed by atoms with Crippen molar-refractivity contribution in [3.63, 3.8) is 0 Å². The first-order valence-electron chi connectivity index (χ1n) is 11.1. The maximum absolute atomic E-state index is 12.8. The van der Waals surface area contributed by atoms with E-state index in [1.165, 1.54) is 36.4 Å². The second kappa shape index (κ2) is 11.7. The lowest BCUT2D eigenvalue weighted by atomic mass is 10.0. The van der Waals surface area contributed by atoms with E-state index in [2.05, 4.69) is 0 Å². The minimum absolute atomic E-state index is 0.0545. The Balaban J connectivity index is 1.60. The molecule has 0 radical (unpaired) electrons. The monoisotopic (exact) mass is 552 g/mol. The van der Waals surface area contributed by atoms with E-state index in [0.717, 1.165) is 11.1 Å². The van der Waals surface area contributed by atoms with Gasteiger partial charge in [0.2, 0.25) is 0 Å². The first kappa shape index (κ1) is 26.6. The number of carbonyl (C=O) groups is 1. The molecule has 0 saturated carbocycles. The van der Waals surface area contributed by atoms with Crippen LogP contribution in [0.4, 0.5) is 16.2 Å². The second-order valence-corrected chi connectivity index (χ2v) is 9.04. The molecule has 0 saturated heterocycles. The number of hydrogen-bond donors (Lipinski definition) is 0. The summed E-state index contributed by atoms with van der Waals surface area (Å²) in [6, 6.07) is 21.5. The van der Waals surface area contributed by atoms with Crippen LogP contribution in [0.15, 0.2) is 84.9 Å². The van der Waals surface area contributed by atoms with E-state index in [1.807, 2.05) is 0 Å². The summed E-state index contributed by atoms with van der Waals surface area (Å²) in [5, 5.41) is 23.6. The van der Waals surface area contributed by atoms with Gasteiger partial charge in [0.1, 0.15) is 11.5 Å². The van der Waals surface area contributed by atoms with Crippen molar-refractivity contribution in [3.8, 4) is 11.5 Å². The van der Waals surface area contributed by atoms with Gasteiger partial charge >= 0.3 is 6.16 Å². The highest BCUT2D eigenvalue weighted by Crippen LogP contribution is 2.30. The van der Waals surface area contributed by atoms with Gasteiger partial charge < -0.3 is 9.47 Å². The topological polar surface area (TPSA) is 122 Å². The Morgan fingerprint density at radius 2 is 1.08 bits per heavy atom. The summed E-state index contributed by atoms with van der Waals surface area (Å²) in [6.07, 6.45) is -0.724. The third kappa shape index (κ3) is 6.84. The number of nitro groups is 2. The zero-order valence-corrected chi connectivity index (χ0v) is 21.0. The lowest BCUT2D eigenvalue weighted by Crippen LogP contribution is -2.16. The molecule has 0 unspecified atom stereocenters. The Kier molecular flexibility index (Phi) is 8.20. The molecule has 0 spiro atoms. The Hall–Kier alpha value is -4.47. The van der Waals surface area contributed by atoms with Gasteiger partial charge in [-0.2, -0.15) is 0 Å². The van der Waals surface area contributed by atoms with Crippen LogP contribution in [-0.4, -0.2) is 16.0 Å². The van der Waals surface area contributed by atoms with E-state index in [1.54, 1.807) is 48.5 Å². The van der Waals surface area contributed by atoms with E-state index < -0.39 is 16.0 Å². The molecule has 0 N–H and O–H groups in total. The van der Waals surface area contributed by atoms with E-state index in [4.69, 9.17) is 32.7 Å². The average molecular weight is 553 g/mol. The standard InChI is InChI=1S/C27H18Cl2N2O7/c28-21-5-1-3-17(13-21)11-19-15-23(30(33)34)7-9-25(19)37-27(32)38-26-10-8-24(31(35)36)16-20(26)12-18-4-2-6-22(29)14-18/h1-10,13-16H,11-12H2. The van der Waals surface area contributed by atoms with Crippen LogP contribution in [0, 0.1) is 20.2 Å². The first-order chi connectivity index (χ1) is 18.2. The molecule has 0 aliphatic carbocycles. The van der Waals surface area contributed by atoms with Gasteiger partial charge in [-0.3, -0.25) is 20.2 Å². The van der Waals surface area contributed by atoms with Crippen LogP contribution < -0.4 is 9.47 Å². The predicted octanol–water partition coefficient (Wildman–Crippen LogP) is 7.57. The Morgan fingerprint density at radius 3 is 1.45 bits per heavy atom. The third-order valence-corrected chi connectivity index (χ3v) is 5.93. The fourth-order valence-corrected chi connectivity index (χ4v) is 4.19. The van der Waals surface area contributed by atoms with E-state index in [-0.39, 0.29) is 35.7 Å². The third-order valence-electron chi connectivity index (χ3n) is 5.46. The Labute approximate surface area is 226 Å². The molecule has 4 aromatic rings. The summed E-state index contributed by atoms with van der Waals surface area (Å²) in [4.78, 5) is 34.3. The van der Waals surface area contributed by atoms with Crippen molar-refractivity contribution in [1.29, 1.82) is 0 Å². The predicted molar refractivity (Wildman–Crippen MR) is 141 cm³/mol. The zero-order valence-electron chi connectivity index (χ0n) is 19.5. The van der Waals surface area contributed by atoms with Crippen LogP contribution in [-0.2, 0) is 12.8 Å². The normalized spacial score (nSPS) is 10.6. The lowest BCUT2D eigenvalue weighted by molar-refractivity contribution is -0.385. The number of ether oxygens (including phenoxy) is 2.